The van der Waals surface area contributed by atoms with E-state index in [1.807, 2.05) is 17.5 Å². The molecule has 8 nitrogen and oxygen atoms in total. The molecule has 1 atom stereocenters. The highest BCUT2D eigenvalue weighted by Crippen LogP contribution is 2.29. The molecule has 1 fully saturated rings. The molecule has 4 amide bonds. The molecule has 2 aromatic carbocycles. The molecule has 1 N–H and O–H groups in total. The van der Waals surface area contributed by atoms with Crippen LogP contribution >= 0.6 is 11.3 Å². The van der Waals surface area contributed by atoms with Crippen LogP contribution in [0.4, 0.5) is 20.6 Å². The van der Waals surface area contributed by atoms with Gasteiger partial charge in [0.2, 0.25) is 5.91 Å². The maximum Gasteiger partial charge on any atom is 0.338 e. The molecule has 1 aromatic heterocycles. The summed E-state index contributed by atoms with van der Waals surface area (Å²) in [4.78, 5) is 54.5. The average molecular weight is 496 g/mol. The third-order valence-corrected chi connectivity index (χ3v) is 6.21. The predicted molar refractivity (Wildman–Crippen MR) is 129 cm³/mol. The van der Waals surface area contributed by atoms with Crippen molar-refractivity contribution in [1.82, 2.24) is 4.90 Å². The normalized spacial score (nSPS) is 15.4. The van der Waals surface area contributed by atoms with E-state index in [9.17, 15) is 23.6 Å². The zero-order valence-corrected chi connectivity index (χ0v) is 19.6. The Morgan fingerprint density at radius 2 is 1.86 bits per heavy atom. The standard InChI is InChI=1S/C25H22FN3O5S/c1-2-34-24(32)16-5-3-6-18(13-16)27-22(30)14-21-23(31)29(19-10-8-17(26)9-11-19)25(33)28(21)15-20-7-4-12-35-20/h3-13,21H,2,14-15H2,1H3,(H,27,30)/t21-/m0/s1. The summed E-state index contributed by atoms with van der Waals surface area (Å²) in [5.41, 5.74) is 0.860. The lowest BCUT2D eigenvalue weighted by atomic mass is 10.1. The van der Waals surface area contributed by atoms with E-state index in [4.69, 9.17) is 4.74 Å². The molecule has 0 saturated carbocycles. The summed E-state index contributed by atoms with van der Waals surface area (Å²) in [5, 5.41) is 4.54. The van der Waals surface area contributed by atoms with Gasteiger partial charge in [-0.1, -0.05) is 12.1 Å². The Bertz CT molecular complexity index is 1250. The van der Waals surface area contributed by atoms with Gasteiger partial charge in [0.05, 0.1) is 30.8 Å². The molecule has 2 heterocycles. The lowest BCUT2D eigenvalue weighted by Gasteiger charge is -2.21. The van der Waals surface area contributed by atoms with E-state index in [-0.39, 0.29) is 30.8 Å². The molecule has 1 aliphatic rings. The Labute approximate surface area is 204 Å². The van der Waals surface area contributed by atoms with E-state index in [1.165, 1.54) is 34.4 Å². The van der Waals surface area contributed by atoms with E-state index in [1.54, 1.807) is 25.1 Å². The van der Waals surface area contributed by atoms with Gasteiger partial charge in [-0.25, -0.2) is 18.9 Å². The first kappa shape index (κ1) is 24.1. The summed E-state index contributed by atoms with van der Waals surface area (Å²) in [6.07, 6.45) is -0.294. The molecule has 0 bridgehead atoms. The van der Waals surface area contributed by atoms with E-state index in [2.05, 4.69) is 5.32 Å². The van der Waals surface area contributed by atoms with Crippen LogP contribution in [0.5, 0.6) is 0 Å². The van der Waals surface area contributed by atoms with Crippen LogP contribution in [0.3, 0.4) is 0 Å². The molecule has 180 valence electrons. The van der Waals surface area contributed by atoms with Gasteiger partial charge in [-0.3, -0.25) is 9.59 Å². The second kappa shape index (κ2) is 10.5. The first-order valence-corrected chi connectivity index (χ1v) is 11.7. The topological polar surface area (TPSA) is 96.0 Å². The van der Waals surface area contributed by atoms with E-state index in [0.717, 1.165) is 21.9 Å². The number of halogens is 1. The third-order valence-electron chi connectivity index (χ3n) is 5.35. The summed E-state index contributed by atoms with van der Waals surface area (Å²) in [6.45, 7) is 2.06. The van der Waals surface area contributed by atoms with Crippen LogP contribution in [0.15, 0.2) is 66.0 Å². The minimum Gasteiger partial charge on any atom is -0.462 e. The second-order valence-corrected chi connectivity index (χ2v) is 8.74. The first-order chi connectivity index (χ1) is 16.9. The summed E-state index contributed by atoms with van der Waals surface area (Å²) >= 11 is 1.43. The Morgan fingerprint density at radius 3 is 2.54 bits per heavy atom. The minimum absolute atomic E-state index is 0.149. The van der Waals surface area contributed by atoms with Gasteiger partial charge in [-0.2, -0.15) is 0 Å². The van der Waals surface area contributed by atoms with Crippen LogP contribution in [0.1, 0.15) is 28.6 Å². The number of benzene rings is 2. The highest BCUT2D eigenvalue weighted by atomic mass is 32.1. The molecule has 0 radical (unpaired) electrons. The summed E-state index contributed by atoms with van der Waals surface area (Å²) in [6, 6.07) is 13.3. The number of thiophene rings is 1. The lowest BCUT2D eigenvalue weighted by molar-refractivity contribution is -0.124. The minimum atomic E-state index is -1.05. The number of imide groups is 1. The van der Waals surface area contributed by atoms with E-state index < -0.39 is 35.7 Å². The van der Waals surface area contributed by atoms with Crippen molar-refractivity contribution in [3.05, 3.63) is 82.3 Å². The average Bonchev–Trinajstić information content (AvgIpc) is 3.43. The lowest BCUT2D eigenvalue weighted by Crippen LogP contribution is -2.37. The predicted octanol–water partition coefficient (Wildman–Crippen LogP) is 4.43. The van der Waals surface area contributed by atoms with Gasteiger partial charge in [0.15, 0.2) is 0 Å². The number of rotatable bonds is 8. The molecule has 0 unspecified atom stereocenters. The zero-order chi connectivity index (χ0) is 24.9. The number of carbonyl (C=O) groups is 4. The number of nitrogens with zero attached hydrogens (tertiary/aromatic N) is 2. The maximum atomic E-state index is 13.4. The largest absolute Gasteiger partial charge is 0.462 e. The summed E-state index contributed by atoms with van der Waals surface area (Å²) in [5.74, 6) is -2.09. The molecule has 3 aromatic rings. The van der Waals surface area contributed by atoms with Gasteiger partial charge in [-0.05, 0) is 60.8 Å². The van der Waals surface area contributed by atoms with Crippen molar-refractivity contribution >= 4 is 46.5 Å². The highest BCUT2D eigenvalue weighted by molar-refractivity contribution is 7.09. The number of urea groups is 1. The quantitative estimate of drug-likeness (QED) is 0.368. The fourth-order valence-electron chi connectivity index (χ4n) is 3.74. The van der Waals surface area contributed by atoms with Gasteiger partial charge in [-0.15, -0.1) is 11.3 Å². The summed E-state index contributed by atoms with van der Waals surface area (Å²) < 4.78 is 18.4. The molecule has 10 heteroatoms. The van der Waals surface area contributed by atoms with Crippen molar-refractivity contribution in [1.29, 1.82) is 0 Å². The van der Waals surface area contributed by atoms with Crippen molar-refractivity contribution in [3.63, 3.8) is 0 Å². The number of hydrogen-bond donors (Lipinski definition) is 1. The van der Waals surface area contributed by atoms with Crippen molar-refractivity contribution in [2.75, 3.05) is 16.8 Å². The zero-order valence-electron chi connectivity index (χ0n) is 18.8. The van der Waals surface area contributed by atoms with Crippen LogP contribution in [-0.4, -0.2) is 41.4 Å². The highest BCUT2D eigenvalue weighted by Gasteiger charge is 2.46. The molecular formula is C25H22FN3O5S. The van der Waals surface area contributed by atoms with Crippen LogP contribution < -0.4 is 10.2 Å². The smallest absolute Gasteiger partial charge is 0.338 e. The molecule has 0 aliphatic carbocycles. The van der Waals surface area contributed by atoms with E-state index >= 15 is 0 Å². The van der Waals surface area contributed by atoms with Gasteiger partial charge in [0.1, 0.15) is 11.9 Å². The molecule has 1 aliphatic heterocycles. The van der Waals surface area contributed by atoms with Gasteiger partial charge in [0, 0.05) is 10.6 Å². The van der Waals surface area contributed by atoms with Crippen LogP contribution in [0, 0.1) is 5.82 Å². The number of esters is 1. The van der Waals surface area contributed by atoms with Crippen molar-refractivity contribution in [2.24, 2.45) is 0 Å². The number of anilines is 2. The van der Waals surface area contributed by atoms with Crippen LogP contribution in [0.25, 0.3) is 0 Å². The molecular weight excluding hydrogens is 473 g/mol. The Kier molecular flexibility index (Phi) is 7.21. The van der Waals surface area contributed by atoms with Crippen molar-refractivity contribution in [3.8, 4) is 0 Å². The molecule has 35 heavy (non-hydrogen) atoms. The number of hydrogen-bond acceptors (Lipinski definition) is 6. The number of carbonyl (C=O) groups excluding carboxylic acids is 4. The van der Waals surface area contributed by atoms with Crippen LogP contribution in [-0.2, 0) is 20.9 Å². The van der Waals surface area contributed by atoms with Crippen LogP contribution in [0.2, 0.25) is 0 Å². The Balaban J connectivity index is 1.54. The number of nitrogens with one attached hydrogen (secondary N) is 1. The third kappa shape index (κ3) is 5.38. The van der Waals surface area contributed by atoms with Gasteiger partial charge >= 0.3 is 12.0 Å². The number of amides is 4. The maximum absolute atomic E-state index is 13.4. The first-order valence-electron chi connectivity index (χ1n) is 10.9. The molecule has 4 rings (SSSR count). The SMILES string of the molecule is CCOC(=O)c1cccc(NC(=O)C[C@H]2C(=O)N(c3ccc(F)cc3)C(=O)N2Cc2cccs2)c1. The molecule has 0 spiro atoms. The van der Waals surface area contributed by atoms with Gasteiger partial charge in [0.25, 0.3) is 5.91 Å². The van der Waals surface area contributed by atoms with Gasteiger partial charge < -0.3 is 15.0 Å². The second-order valence-electron chi connectivity index (χ2n) is 7.71. The van der Waals surface area contributed by atoms with Crippen molar-refractivity contribution in [2.45, 2.75) is 25.9 Å². The Morgan fingerprint density at radius 1 is 1.09 bits per heavy atom. The fraction of sp³-hybridized carbons (Fsp3) is 0.200. The number of ether oxygens (including phenoxy) is 1. The van der Waals surface area contributed by atoms with E-state index in [0.29, 0.717) is 5.69 Å². The fourth-order valence-corrected chi connectivity index (χ4v) is 4.44. The Hall–Kier alpha value is -4.05. The monoisotopic (exact) mass is 495 g/mol. The summed E-state index contributed by atoms with van der Waals surface area (Å²) in [7, 11) is 0. The van der Waals surface area contributed by atoms with Crippen molar-refractivity contribution < 1.29 is 28.3 Å². The molecule has 1 saturated heterocycles.